The fourth-order valence-corrected chi connectivity index (χ4v) is 3.26. The van der Waals surface area contributed by atoms with Crippen molar-refractivity contribution in [2.24, 2.45) is 0 Å². The van der Waals surface area contributed by atoms with Crippen LogP contribution in [0.4, 0.5) is 17.6 Å². The van der Waals surface area contributed by atoms with Crippen molar-refractivity contribution >= 4 is 6.08 Å². The molecule has 0 saturated carbocycles. The summed E-state index contributed by atoms with van der Waals surface area (Å²) in [7, 11) is 0. The van der Waals surface area contributed by atoms with Gasteiger partial charge in [-0.25, -0.2) is 0 Å². The van der Waals surface area contributed by atoms with Gasteiger partial charge in [-0.3, -0.25) is 0 Å². The summed E-state index contributed by atoms with van der Waals surface area (Å²) in [6, 6.07) is 12.1. The van der Waals surface area contributed by atoms with Gasteiger partial charge >= 0.3 is 11.8 Å². The lowest BCUT2D eigenvalue weighted by Gasteiger charge is -2.29. The molecule has 0 bridgehead atoms. The maximum Gasteiger partial charge on any atom is 0.339 e. The van der Waals surface area contributed by atoms with Crippen molar-refractivity contribution in [3.63, 3.8) is 0 Å². The van der Waals surface area contributed by atoms with Crippen molar-refractivity contribution in [3.05, 3.63) is 65.2 Å². The molecule has 26 heavy (non-hydrogen) atoms. The standard InChI is InChI=1S/C22H22F4/c1-2-3-4-5-6-16-7-9-17(10-8-16)18-11-12-20-19(15-18)13-14-21(23,24)22(20,25)26/h7-15H,2-6H2,1H3. The first-order valence-electron chi connectivity index (χ1n) is 9.04. The summed E-state index contributed by atoms with van der Waals surface area (Å²) >= 11 is 0. The number of aryl methyl sites for hydroxylation is 1. The second kappa shape index (κ2) is 7.26. The Morgan fingerprint density at radius 2 is 1.50 bits per heavy atom. The van der Waals surface area contributed by atoms with Gasteiger partial charge in [-0.15, -0.1) is 0 Å². The van der Waals surface area contributed by atoms with Gasteiger partial charge in [0, 0.05) is 5.56 Å². The largest absolute Gasteiger partial charge is 0.339 e. The number of unbranched alkanes of at least 4 members (excludes halogenated alkanes) is 3. The van der Waals surface area contributed by atoms with E-state index in [0.29, 0.717) is 6.08 Å². The number of allylic oxidation sites excluding steroid dienone is 1. The van der Waals surface area contributed by atoms with E-state index in [-0.39, 0.29) is 5.56 Å². The summed E-state index contributed by atoms with van der Waals surface area (Å²) in [6.07, 6.45) is 7.21. The minimum atomic E-state index is -4.18. The van der Waals surface area contributed by atoms with Crippen molar-refractivity contribution in [1.82, 2.24) is 0 Å². The van der Waals surface area contributed by atoms with Crippen LogP contribution < -0.4 is 0 Å². The van der Waals surface area contributed by atoms with E-state index < -0.39 is 17.4 Å². The Morgan fingerprint density at radius 3 is 2.19 bits per heavy atom. The molecule has 0 atom stereocenters. The maximum atomic E-state index is 13.9. The van der Waals surface area contributed by atoms with E-state index >= 15 is 0 Å². The Balaban J connectivity index is 1.79. The average Bonchev–Trinajstić information content (AvgIpc) is 2.63. The van der Waals surface area contributed by atoms with Crippen LogP contribution in [-0.2, 0) is 12.3 Å². The van der Waals surface area contributed by atoms with Gasteiger partial charge in [0.15, 0.2) is 0 Å². The Kier molecular flexibility index (Phi) is 5.22. The summed E-state index contributed by atoms with van der Waals surface area (Å²) in [6.45, 7) is 2.18. The van der Waals surface area contributed by atoms with Crippen molar-refractivity contribution in [1.29, 1.82) is 0 Å². The van der Waals surface area contributed by atoms with Crippen molar-refractivity contribution in [3.8, 4) is 11.1 Å². The van der Waals surface area contributed by atoms with Crippen LogP contribution in [0.25, 0.3) is 17.2 Å². The summed E-state index contributed by atoms with van der Waals surface area (Å²) in [5.74, 6) is -8.33. The monoisotopic (exact) mass is 362 g/mol. The lowest BCUT2D eigenvalue weighted by atomic mass is 9.88. The molecule has 1 aliphatic rings. The van der Waals surface area contributed by atoms with Gasteiger partial charge in [0.25, 0.3) is 0 Å². The van der Waals surface area contributed by atoms with E-state index in [9.17, 15) is 17.6 Å². The molecule has 0 unspecified atom stereocenters. The van der Waals surface area contributed by atoms with E-state index in [1.54, 1.807) is 6.07 Å². The molecule has 138 valence electrons. The van der Waals surface area contributed by atoms with Crippen LogP contribution in [0.3, 0.4) is 0 Å². The quantitative estimate of drug-likeness (QED) is 0.375. The molecule has 0 spiro atoms. The molecule has 0 aromatic heterocycles. The van der Waals surface area contributed by atoms with Crippen LogP contribution in [0, 0.1) is 0 Å². The van der Waals surface area contributed by atoms with Crippen LogP contribution in [0.1, 0.15) is 49.3 Å². The molecule has 0 nitrogen and oxygen atoms in total. The molecule has 0 fully saturated rings. The van der Waals surface area contributed by atoms with Crippen molar-refractivity contribution in [2.75, 3.05) is 0 Å². The van der Waals surface area contributed by atoms with Gasteiger partial charge < -0.3 is 0 Å². The van der Waals surface area contributed by atoms with Crippen molar-refractivity contribution in [2.45, 2.75) is 50.9 Å². The highest BCUT2D eigenvalue weighted by Crippen LogP contribution is 2.48. The van der Waals surface area contributed by atoms with Gasteiger partial charge in [-0.2, -0.15) is 17.6 Å². The first kappa shape index (κ1) is 18.7. The number of alkyl halides is 4. The van der Waals surface area contributed by atoms with E-state index in [1.165, 1.54) is 30.9 Å². The zero-order valence-electron chi connectivity index (χ0n) is 14.7. The molecule has 1 aliphatic carbocycles. The predicted molar refractivity (Wildman–Crippen MR) is 97.6 cm³/mol. The third kappa shape index (κ3) is 3.55. The highest BCUT2D eigenvalue weighted by molar-refractivity contribution is 5.71. The Labute approximate surface area is 151 Å². The van der Waals surface area contributed by atoms with Gasteiger partial charge in [-0.05, 0) is 47.2 Å². The number of hydrogen-bond acceptors (Lipinski definition) is 0. The minimum Gasteiger partial charge on any atom is -0.195 e. The van der Waals surface area contributed by atoms with E-state index in [2.05, 4.69) is 6.92 Å². The fourth-order valence-electron chi connectivity index (χ4n) is 3.26. The first-order valence-corrected chi connectivity index (χ1v) is 9.04. The third-order valence-corrected chi connectivity index (χ3v) is 4.89. The lowest BCUT2D eigenvalue weighted by molar-refractivity contribution is -0.187. The number of halogens is 4. The molecule has 0 aliphatic heterocycles. The Bertz CT molecular complexity index is 788. The average molecular weight is 362 g/mol. The van der Waals surface area contributed by atoms with E-state index in [1.807, 2.05) is 24.3 Å². The molecule has 0 heterocycles. The molecule has 2 aromatic carbocycles. The summed E-state index contributed by atoms with van der Waals surface area (Å²) in [4.78, 5) is 0. The molecular weight excluding hydrogens is 340 g/mol. The molecule has 2 aromatic rings. The first-order chi connectivity index (χ1) is 12.3. The number of hydrogen-bond donors (Lipinski definition) is 0. The molecular formula is C22H22F4. The number of fused-ring (bicyclic) bond motifs is 1. The Hall–Kier alpha value is -2.10. The maximum absolute atomic E-state index is 13.9. The third-order valence-electron chi connectivity index (χ3n) is 4.89. The summed E-state index contributed by atoms with van der Waals surface area (Å²) < 4.78 is 54.8. The molecule has 4 heteroatoms. The zero-order valence-corrected chi connectivity index (χ0v) is 14.7. The van der Waals surface area contributed by atoms with Gasteiger partial charge in [0.2, 0.25) is 0 Å². The number of rotatable bonds is 6. The molecule has 0 radical (unpaired) electrons. The molecule has 3 rings (SSSR count). The van der Waals surface area contributed by atoms with E-state index in [0.717, 1.165) is 36.1 Å². The fraction of sp³-hybridized carbons (Fsp3) is 0.364. The zero-order chi connectivity index (χ0) is 18.8. The normalized spacial score (nSPS) is 17.1. The minimum absolute atomic E-state index is 0.141. The molecule has 0 amide bonds. The van der Waals surface area contributed by atoms with Gasteiger partial charge in [-0.1, -0.05) is 68.7 Å². The Morgan fingerprint density at radius 1 is 0.808 bits per heavy atom. The summed E-state index contributed by atoms with van der Waals surface area (Å²) in [5.41, 5.74) is 2.39. The van der Waals surface area contributed by atoms with E-state index in [4.69, 9.17) is 0 Å². The second-order valence-corrected chi connectivity index (χ2v) is 6.84. The van der Waals surface area contributed by atoms with Crippen LogP contribution in [0.2, 0.25) is 0 Å². The number of benzene rings is 2. The topological polar surface area (TPSA) is 0 Å². The van der Waals surface area contributed by atoms with Gasteiger partial charge in [0.05, 0.1) is 0 Å². The highest BCUT2D eigenvalue weighted by Gasteiger charge is 2.57. The second-order valence-electron chi connectivity index (χ2n) is 6.84. The summed E-state index contributed by atoms with van der Waals surface area (Å²) in [5, 5.41) is 0. The highest BCUT2D eigenvalue weighted by atomic mass is 19.3. The smallest absolute Gasteiger partial charge is 0.195 e. The van der Waals surface area contributed by atoms with Crippen LogP contribution in [0.15, 0.2) is 48.5 Å². The van der Waals surface area contributed by atoms with Crippen LogP contribution >= 0.6 is 0 Å². The lowest BCUT2D eigenvalue weighted by Crippen LogP contribution is -2.38. The van der Waals surface area contributed by atoms with Crippen molar-refractivity contribution < 1.29 is 17.6 Å². The van der Waals surface area contributed by atoms with Gasteiger partial charge in [0.1, 0.15) is 0 Å². The van der Waals surface area contributed by atoms with Crippen LogP contribution in [-0.4, -0.2) is 5.92 Å². The van der Waals surface area contributed by atoms with Crippen LogP contribution in [0.5, 0.6) is 0 Å². The SMILES string of the molecule is CCCCCCc1ccc(-c2ccc3c(c2)C=CC(F)(F)C3(F)F)cc1. The predicted octanol–water partition coefficient (Wildman–Crippen LogP) is 7.23. The molecule has 0 N–H and O–H groups in total. The molecule has 0 saturated heterocycles.